The summed E-state index contributed by atoms with van der Waals surface area (Å²) in [7, 11) is 0. The number of nitrogens with zero attached hydrogens (tertiary/aromatic N) is 3. The molecule has 3 nitrogen and oxygen atoms in total. The van der Waals surface area contributed by atoms with Crippen molar-refractivity contribution in [1.82, 2.24) is 9.89 Å². The van der Waals surface area contributed by atoms with E-state index in [1.165, 1.54) is 35.0 Å². The molecule has 0 atom stereocenters. The van der Waals surface area contributed by atoms with Crippen LogP contribution in [0.2, 0.25) is 0 Å². The van der Waals surface area contributed by atoms with Gasteiger partial charge in [-0.25, -0.2) is 0 Å². The lowest BCUT2D eigenvalue weighted by Gasteiger charge is -2.24. The molecule has 0 bridgehead atoms. The van der Waals surface area contributed by atoms with Crippen LogP contribution in [0.4, 0.5) is 0 Å². The van der Waals surface area contributed by atoms with Crippen molar-refractivity contribution in [1.29, 1.82) is 0 Å². The lowest BCUT2D eigenvalue weighted by Crippen LogP contribution is -2.36. The smallest absolute Gasteiger partial charge is 0.0926 e. The van der Waals surface area contributed by atoms with Crippen molar-refractivity contribution in [2.75, 3.05) is 18.1 Å². The zero-order valence-corrected chi connectivity index (χ0v) is 12.0. The molecule has 0 unspecified atom stereocenters. The van der Waals surface area contributed by atoms with Gasteiger partial charge in [-0.1, -0.05) is 26.0 Å². The highest BCUT2D eigenvalue weighted by atomic mass is 15.7. The zero-order chi connectivity index (χ0) is 13.2. The van der Waals surface area contributed by atoms with Crippen molar-refractivity contribution in [3.8, 4) is 0 Å². The number of aryl methyl sites for hydroxylation is 2. The van der Waals surface area contributed by atoms with Gasteiger partial charge in [0, 0.05) is 18.5 Å². The van der Waals surface area contributed by atoms with E-state index in [1.54, 1.807) is 0 Å². The van der Waals surface area contributed by atoms with Crippen molar-refractivity contribution in [3.05, 3.63) is 29.5 Å². The minimum atomic E-state index is 1.08. The largest absolute Gasteiger partial charge is 0.296 e. The SMILES string of the molecule is CCCN(CCC)n1nc2c3c(cccc31)CCC2. The molecule has 0 radical (unpaired) electrons. The molecular weight excluding hydrogens is 234 g/mol. The number of aromatic nitrogens is 2. The number of rotatable bonds is 5. The number of hydrogen-bond donors (Lipinski definition) is 0. The molecule has 1 aliphatic carbocycles. The van der Waals surface area contributed by atoms with Crippen molar-refractivity contribution < 1.29 is 0 Å². The Bertz CT molecular complexity index is 565. The van der Waals surface area contributed by atoms with Crippen LogP contribution in [0.1, 0.15) is 44.4 Å². The molecule has 2 aromatic rings. The molecule has 0 amide bonds. The van der Waals surface area contributed by atoms with Gasteiger partial charge in [-0.3, -0.25) is 5.01 Å². The quantitative estimate of drug-likeness (QED) is 0.819. The van der Waals surface area contributed by atoms with Gasteiger partial charge in [0.25, 0.3) is 0 Å². The van der Waals surface area contributed by atoms with Gasteiger partial charge in [-0.15, -0.1) is 0 Å². The molecule has 3 rings (SSSR count). The van der Waals surface area contributed by atoms with E-state index in [0.717, 1.165) is 32.4 Å². The second-order valence-corrected chi connectivity index (χ2v) is 5.45. The van der Waals surface area contributed by atoms with Crippen LogP contribution in [0.15, 0.2) is 18.2 Å². The Balaban J connectivity index is 2.11. The molecule has 1 heterocycles. The van der Waals surface area contributed by atoms with Crippen molar-refractivity contribution in [3.63, 3.8) is 0 Å². The van der Waals surface area contributed by atoms with Gasteiger partial charge < -0.3 is 0 Å². The maximum absolute atomic E-state index is 4.90. The molecule has 0 spiro atoms. The van der Waals surface area contributed by atoms with Gasteiger partial charge in [0.15, 0.2) is 0 Å². The molecule has 102 valence electrons. The van der Waals surface area contributed by atoms with Gasteiger partial charge in [0.05, 0.1) is 11.2 Å². The van der Waals surface area contributed by atoms with Gasteiger partial charge >= 0.3 is 0 Å². The van der Waals surface area contributed by atoms with Gasteiger partial charge in [0.1, 0.15) is 0 Å². The maximum atomic E-state index is 4.90. The molecule has 1 aliphatic rings. The molecule has 0 aliphatic heterocycles. The molecule has 1 aromatic carbocycles. The first-order valence-corrected chi connectivity index (χ1v) is 7.60. The average molecular weight is 257 g/mol. The highest BCUT2D eigenvalue weighted by molar-refractivity contribution is 5.86. The maximum Gasteiger partial charge on any atom is 0.0926 e. The predicted octanol–water partition coefficient (Wildman–Crippen LogP) is 3.28. The second-order valence-electron chi connectivity index (χ2n) is 5.45. The lowest BCUT2D eigenvalue weighted by atomic mass is 9.95. The Labute approximate surface area is 115 Å². The van der Waals surface area contributed by atoms with Crippen LogP contribution in [-0.4, -0.2) is 23.0 Å². The fourth-order valence-electron chi connectivity index (χ4n) is 3.17. The van der Waals surface area contributed by atoms with Gasteiger partial charge in [-0.05, 0) is 43.7 Å². The number of hydrogen-bond acceptors (Lipinski definition) is 2. The Hall–Kier alpha value is -1.51. The van der Waals surface area contributed by atoms with E-state index < -0.39 is 0 Å². The first-order valence-electron chi connectivity index (χ1n) is 7.60. The highest BCUT2D eigenvalue weighted by Gasteiger charge is 2.19. The van der Waals surface area contributed by atoms with Crippen LogP contribution in [0, 0.1) is 0 Å². The molecule has 19 heavy (non-hydrogen) atoms. The summed E-state index contributed by atoms with van der Waals surface area (Å²) in [6.07, 6.45) is 5.90. The topological polar surface area (TPSA) is 21.1 Å². The molecule has 1 aromatic heterocycles. The summed E-state index contributed by atoms with van der Waals surface area (Å²) in [5.74, 6) is 0. The highest BCUT2D eigenvalue weighted by Crippen LogP contribution is 2.29. The average Bonchev–Trinajstić information content (AvgIpc) is 2.80. The number of benzene rings is 1. The van der Waals surface area contributed by atoms with E-state index in [1.807, 2.05) is 0 Å². The minimum absolute atomic E-state index is 1.08. The van der Waals surface area contributed by atoms with Crippen molar-refractivity contribution in [2.45, 2.75) is 46.0 Å². The zero-order valence-electron chi connectivity index (χ0n) is 12.0. The summed E-state index contributed by atoms with van der Waals surface area (Å²) < 4.78 is 0. The van der Waals surface area contributed by atoms with Crippen LogP contribution in [-0.2, 0) is 12.8 Å². The van der Waals surface area contributed by atoms with Crippen LogP contribution in [0.5, 0.6) is 0 Å². The first-order chi connectivity index (χ1) is 9.35. The van der Waals surface area contributed by atoms with Gasteiger partial charge in [0.2, 0.25) is 0 Å². The van der Waals surface area contributed by atoms with Gasteiger partial charge in [-0.2, -0.15) is 9.89 Å². The third-order valence-corrected chi connectivity index (χ3v) is 3.94. The Morgan fingerprint density at radius 3 is 2.68 bits per heavy atom. The monoisotopic (exact) mass is 257 g/mol. The Kier molecular flexibility index (Phi) is 3.45. The second kappa shape index (κ2) is 5.24. The molecular formula is C16H23N3. The van der Waals surface area contributed by atoms with Crippen LogP contribution < -0.4 is 5.01 Å². The summed E-state index contributed by atoms with van der Waals surface area (Å²) in [4.78, 5) is 2.17. The summed E-state index contributed by atoms with van der Waals surface area (Å²) in [5, 5.41) is 8.71. The Morgan fingerprint density at radius 2 is 1.95 bits per heavy atom. The fourth-order valence-corrected chi connectivity index (χ4v) is 3.17. The standard InChI is InChI=1S/C16H23N3/c1-3-11-18(12-4-2)19-15-10-6-8-13-7-5-9-14(17-19)16(13)15/h6,8,10H,3-5,7,9,11-12H2,1-2H3. The van der Waals surface area contributed by atoms with Crippen LogP contribution in [0.3, 0.4) is 0 Å². The minimum Gasteiger partial charge on any atom is -0.296 e. The molecule has 0 fully saturated rings. The van der Waals surface area contributed by atoms with E-state index in [9.17, 15) is 0 Å². The van der Waals surface area contributed by atoms with E-state index >= 15 is 0 Å². The first kappa shape index (κ1) is 12.5. The van der Waals surface area contributed by atoms with E-state index in [2.05, 4.69) is 41.8 Å². The normalized spacial score (nSPS) is 14.0. The van der Waals surface area contributed by atoms with E-state index in [-0.39, 0.29) is 0 Å². The summed E-state index contributed by atoms with van der Waals surface area (Å²) >= 11 is 0. The summed E-state index contributed by atoms with van der Waals surface area (Å²) in [5.41, 5.74) is 4.08. The molecule has 3 heteroatoms. The fraction of sp³-hybridized carbons (Fsp3) is 0.562. The summed E-state index contributed by atoms with van der Waals surface area (Å²) in [6.45, 7) is 6.63. The molecule has 0 N–H and O–H groups in total. The molecule has 0 saturated heterocycles. The Morgan fingerprint density at radius 1 is 1.16 bits per heavy atom. The van der Waals surface area contributed by atoms with Crippen LogP contribution in [0.25, 0.3) is 10.9 Å². The molecule has 0 saturated carbocycles. The third-order valence-electron chi connectivity index (χ3n) is 3.94. The van der Waals surface area contributed by atoms with Crippen LogP contribution >= 0.6 is 0 Å². The summed E-state index contributed by atoms with van der Waals surface area (Å²) in [6, 6.07) is 6.67. The third kappa shape index (κ3) is 2.11. The van der Waals surface area contributed by atoms with E-state index in [0.29, 0.717) is 0 Å². The van der Waals surface area contributed by atoms with E-state index in [4.69, 9.17) is 5.10 Å². The van der Waals surface area contributed by atoms with Crippen molar-refractivity contribution in [2.24, 2.45) is 0 Å². The predicted molar refractivity (Wildman–Crippen MR) is 80.3 cm³/mol. The lowest BCUT2D eigenvalue weighted by molar-refractivity contribution is 0.528. The van der Waals surface area contributed by atoms with Crippen molar-refractivity contribution >= 4 is 10.9 Å².